The lowest BCUT2D eigenvalue weighted by atomic mass is 9.90. The SMILES string of the molecule is N#Cc1c(-c2cc(-c3cc(-c4ccccc4)nc(-c4ccccc4)c3)nc(-c3cc(-c4ccccc4)nc(-c4ccccc4)c3)c2)c(-n2c3ccccc3c3ccccc32)c(-n2c3ccccc3c3ccccc32)c(-n2c3ccccc3c3ccccc32)c1-n1c2ccccc2c2ccccc21. The Morgan fingerprint density at radius 3 is 0.647 bits per heavy atom. The first-order valence-electron chi connectivity index (χ1n) is 34.5. The van der Waals surface area contributed by atoms with E-state index in [4.69, 9.17) is 15.0 Å². The van der Waals surface area contributed by atoms with E-state index in [1.807, 2.05) is 24.3 Å². The Hall–Kier alpha value is -14.0. The number of hydrogen-bond acceptors (Lipinski definition) is 4. The molecule has 0 N–H and O–H groups in total. The van der Waals surface area contributed by atoms with Crippen LogP contribution in [0.15, 0.2) is 352 Å². The molecule has 7 aromatic heterocycles. The highest BCUT2D eigenvalue weighted by molar-refractivity contribution is 6.17. The Morgan fingerprint density at radius 2 is 0.392 bits per heavy atom. The molecule has 0 atom stereocenters. The maximum Gasteiger partial charge on any atom is 0.102 e. The summed E-state index contributed by atoms with van der Waals surface area (Å²) in [5.74, 6) is 0. The van der Waals surface area contributed by atoms with Gasteiger partial charge in [-0.25, -0.2) is 15.0 Å². The predicted molar refractivity (Wildman–Crippen MR) is 420 cm³/mol. The highest BCUT2D eigenvalue weighted by Gasteiger charge is 2.36. The molecule has 8 nitrogen and oxygen atoms in total. The van der Waals surface area contributed by atoms with Gasteiger partial charge in [0, 0.05) is 82.0 Å². The molecule has 13 aromatic carbocycles. The summed E-state index contributed by atoms with van der Waals surface area (Å²) in [7, 11) is 0. The lowest BCUT2D eigenvalue weighted by Gasteiger charge is -2.29. The third kappa shape index (κ3) is 9.19. The summed E-state index contributed by atoms with van der Waals surface area (Å²) >= 11 is 0. The molecule has 0 aliphatic rings. The molecule has 0 unspecified atom stereocenters. The first kappa shape index (κ1) is 58.2. The maximum absolute atomic E-state index is 13.6. The molecule has 0 bridgehead atoms. The van der Waals surface area contributed by atoms with Crippen LogP contribution in [0.3, 0.4) is 0 Å². The highest BCUT2D eigenvalue weighted by atomic mass is 15.1. The van der Waals surface area contributed by atoms with E-state index in [9.17, 15) is 5.26 Å². The molecule has 0 radical (unpaired) electrons. The molecule has 0 spiro atoms. The minimum atomic E-state index is 0.456. The summed E-state index contributed by atoms with van der Waals surface area (Å²) in [6.07, 6.45) is 0. The van der Waals surface area contributed by atoms with E-state index in [0.29, 0.717) is 28.2 Å². The minimum Gasteiger partial charge on any atom is -0.306 e. The van der Waals surface area contributed by atoms with Crippen LogP contribution in [-0.4, -0.2) is 33.2 Å². The fraction of sp³-hybridized carbons (Fsp3) is 0. The highest BCUT2D eigenvalue weighted by Crippen LogP contribution is 2.53. The van der Waals surface area contributed by atoms with Crippen LogP contribution in [0.1, 0.15) is 5.56 Å². The number of rotatable bonds is 11. The van der Waals surface area contributed by atoms with Gasteiger partial charge in [-0.2, -0.15) is 5.26 Å². The van der Waals surface area contributed by atoms with Gasteiger partial charge in [0.2, 0.25) is 0 Å². The third-order valence-electron chi connectivity index (χ3n) is 20.4. The first-order chi connectivity index (χ1) is 50.6. The van der Waals surface area contributed by atoms with Crippen molar-refractivity contribution < 1.29 is 0 Å². The van der Waals surface area contributed by atoms with Gasteiger partial charge in [0.05, 0.1) is 107 Å². The number of nitrogens with zero attached hydrogens (tertiary/aromatic N) is 8. The summed E-state index contributed by atoms with van der Waals surface area (Å²) in [6.45, 7) is 0. The molecule has 8 heteroatoms. The Labute approximate surface area is 587 Å². The van der Waals surface area contributed by atoms with Crippen molar-refractivity contribution in [3.63, 3.8) is 0 Å². The van der Waals surface area contributed by atoms with Crippen LogP contribution in [0.5, 0.6) is 0 Å². The first-order valence-corrected chi connectivity index (χ1v) is 34.5. The van der Waals surface area contributed by atoms with Crippen LogP contribution in [0, 0.1) is 11.3 Å². The normalized spacial score (nSPS) is 11.7. The van der Waals surface area contributed by atoms with Crippen molar-refractivity contribution in [1.82, 2.24) is 33.2 Å². The second-order valence-corrected chi connectivity index (χ2v) is 26.1. The average Bonchev–Trinajstić information content (AvgIpc) is 1.47. The second kappa shape index (κ2) is 23.6. The van der Waals surface area contributed by atoms with E-state index in [-0.39, 0.29) is 0 Å². The lowest BCUT2D eigenvalue weighted by Crippen LogP contribution is -2.17. The summed E-state index contributed by atoms with van der Waals surface area (Å²) in [6, 6.07) is 128. The molecule has 0 saturated carbocycles. The van der Waals surface area contributed by atoms with E-state index >= 15 is 0 Å². The third-order valence-corrected chi connectivity index (χ3v) is 20.4. The van der Waals surface area contributed by atoms with Crippen molar-refractivity contribution >= 4 is 87.2 Å². The molecule has 0 aliphatic carbocycles. The van der Waals surface area contributed by atoms with Crippen molar-refractivity contribution in [2.24, 2.45) is 0 Å². The largest absolute Gasteiger partial charge is 0.306 e. The lowest BCUT2D eigenvalue weighted by molar-refractivity contribution is 1.02. The van der Waals surface area contributed by atoms with Crippen LogP contribution in [0.25, 0.3) is 189 Å². The van der Waals surface area contributed by atoms with Crippen LogP contribution >= 0.6 is 0 Å². The molecule has 474 valence electrons. The van der Waals surface area contributed by atoms with Crippen molar-refractivity contribution in [3.05, 3.63) is 357 Å². The van der Waals surface area contributed by atoms with E-state index in [2.05, 4.69) is 352 Å². The summed E-state index contributed by atoms with van der Waals surface area (Å²) in [5.41, 5.74) is 23.0. The summed E-state index contributed by atoms with van der Waals surface area (Å²) in [4.78, 5) is 16.9. The van der Waals surface area contributed by atoms with Gasteiger partial charge in [-0.05, 0) is 90.5 Å². The fourth-order valence-electron chi connectivity index (χ4n) is 16.0. The van der Waals surface area contributed by atoms with Crippen LogP contribution in [-0.2, 0) is 0 Å². The molecule has 0 amide bonds. The topological polar surface area (TPSA) is 82.2 Å². The molecule has 20 aromatic rings. The average molecular weight is 1300 g/mol. The van der Waals surface area contributed by atoms with Gasteiger partial charge in [0.25, 0.3) is 0 Å². The monoisotopic (exact) mass is 1300 g/mol. The zero-order valence-corrected chi connectivity index (χ0v) is 55.1. The fourth-order valence-corrected chi connectivity index (χ4v) is 16.0. The van der Waals surface area contributed by atoms with Crippen molar-refractivity contribution in [1.29, 1.82) is 5.26 Å². The Kier molecular flexibility index (Phi) is 13.5. The number of benzene rings is 13. The van der Waals surface area contributed by atoms with E-state index < -0.39 is 0 Å². The van der Waals surface area contributed by atoms with Gasteiger partial charge >= 0.3 is 0 Å². The molecule has 20 rings (SSSR count). The van der Waals surface area contributed by atoms with Gasteiger partial charge in [0.1, 0.15) is 6.07 Å². The zero-order valence-electron chi connectivity index (χ0n) is 55.1. The van der Waals surface area contributed by atoms with Gasteiger partial charge in [-0.15, -0.1) is 0 Å². The van der Waals surface area contributed by atoms with Crippen molar-refractivity contribution in [2.75, 3.05) is 0 Å². The zero-order chi connectivity index (χ0) is 67.4. The van der Waals surface area contributed by atoms with E-state index in [1.165, 1.54) is 0 Å². The summed E-state index contributed by atoms with van der Waals surface area (Å²) in [5, 5.41) is 22.2. The quantitative estimate of drug-likeness (QED) is 0.129. The number of fused-ring (bicyclic) bond motifs is 12. The van der Waals surface area contributed by atoms with Crippen LogP contribution in [0.2, 0.25) is 0 Å². The number of para-hydroxylation sites is 8. The summed E-state index contributed by atoms with van der Waals surface area (Å²) < 4.78 is 9.83. The molecule has 0 fully saturated rings. The van der Waals surface area contributed by atoms with Gasteiger partial charge in [0.15, 0.2) is 0 Å². The van der Waals surface area contributed by atoms with Gasteiger partial charge in [-0.3, -0.25) is 0 Å². The Balaban J connectivity index is 1.06. The number of hydrogen-bond donors (Lipinski definition) is 0. The second-order valence-electron chi connectivity index (χ2n) is 26.1. The number of aromatic nitrogens is 7. The Bertz CT molecular complexity index is 6340. The van der Waals surface area contributed by atoms with Crippen molar-refractivity contribution in [2.45, 2.75) is 0 Å². The predicted octanol–water partition coefficient (Wildman–Crippen LogP) is 23.8. The van der Waals surface area contributed by atoms with Crippen molar-refractivity contribution in [3.8, 4) is 107 Å². The smallest absolute Gasteiger partial charge is 0.102 e. The Morgan fingerprint density at radius 1 is 0.196 bits per heavy atom. The molecular formula is C94H58N8. The molecule has 0 aliphatic heterocycles. The van der Waals surface area contributed by atoms with Crippen LogP contribution in [0.4, 0.5) is 0 Å². The minimum absolute atomic E-state index is 0.456. The number of pyridine rings is 3. The molecule has 102 heavy (non-hydrogen) atoms. The maximum atomic E-state index is 13.6. The molecular weight excluding hydrogens is 1240 g/mol. The van der Waals surface area contributed by atoms with Gasteiger partial charge in [-0.1, -0.05) is 267 Å². The van der Waals surface area contributed by atoms with E-state index in [0.717, 1.165) is 166 Å². The molecule has 0 saturated heterocycles. The van der Waals surface area contributed by atoms with E-state index in [1.54, 1.807) is 0 Å². The van der Waals surface area contributed by atoms with Crippen LogP contribution < -0.4 is 0 Å². The number of nitriles is 1. The standard InChI is InChI=1S/C94H58N8/c95-59-75-90(66-57-80(64-53-76(60-29-5-1-6-30-60)96-77(54-64)61-31-7-2-8-32-61)98-81(58-66)65-55-78(62-33-9-3-10-34-62)97-79(56-65)63-35-11-4-12-36-63)92(100-84-47-23-15-39-69(84)70-40-16-24-48-85(70)100)94(102-88-51-27-19-43-73(88)74-44-20-28-52-89(74)102)93(101-86-49-25-17-41-71(86)72-42-18-26-50-87(72)101)91(75)99-82-45-21-13-37-67(82)68-38-14-22-46-83(68)99/h1-58H. The molecule has 7 heterocycles. The van der Waals surface area contributed by atoms with Gasteiger partial charge < -0.3 is 18.3 Å².